The van der Waals surface area contributed by atoms with Crippen molar-refractivity contribution in [2.45, 2.75) is 45.4 Å². The first kappa shape index (κ1) is 16.0. The molecule has 0 amide bonds. The highest BCUT2D eigenvalue weighted by molar-refractivity contribution is 5.44. The van der Waals surface area contributed by atoms with Crippen LogP contribution in [0.2, 0.25) is 0 Å². The standard InChI is InChI=1S/C15H26N4O2/c1-4-12(16-5-2)10-19-15(20)8-13(9-17-19)18-7-6-14(11-18)21-3/h8-9,12,14,16H,4-7,10-11H2,1-3H3. The van der Waals surface area contributed by atoms with Crippen LogP contribution in [0.5, 0.6) is 0 Å². The van der Waals surface area contributed by atoms with Crippen molar-refractivity contribution < 1.29 is 4.74 Å². The second kappa shape index (κ2) is 7.56. The number of aromatic nitrogens is 2. The SMILES string of the molecule is CCNC(CC)Cn1ncc(N2CCC(OC)C2)cc1=O. The van der Waals surface area contributed by atoms with Crippen molar-refractivity contribution in [1.29, 1.82) is 0 Å². The van der Waals surface area contributed by atoms with E-state index in [9.17, 15) is 4.79 Å². The smallest absolute Gasteiger partial charge is 0.268 e. The summed E-state index contributed by atoms with van der Waals surface area (Å²) in [6.45, 7) is 7.44. The lowest BCUT2D eigenvalue weighted by molar-refractivity contribution is 0.121. The van der Waals surface area contributed by atoms with Crippen LogP contribution in [0.15, 0.2) is 17.1 Å². The van der Waals surface area contributed by atoms with Gasteiger partial charge < -0.3 is 15.0 Å². The number of methoxy groups -OCH3 is 1. The molecule has 2 atom stereocenters. The summed E-state index contributed by atoms with van der Waals surface area (Å²) in [6.07, 6.45) is 4.02. The van der Waals surface area contributed by atoms with Crippen LogP contribution in [0.4, 0.5) is 5.69 Å². The predicted octanol–water partition coefficient (Wildman–Crippen LogP) is 0.857. The van der Waals surface area contributed by atoms with E-state index in [-0.39, 0.29) is 17.7 Å². The van der Waals surface area contributed by atoms with Gasteiger partial charge >= 0.3 is 0 Å². The molecule has 0 saturated carbocycles. The van der Waals surface area contributed by atoms with E-state index in [0.717, 1.165) is 38.2 Å². The summed E-state index contributed by atoms with van der Waals surface area (Å²) in [5, 5.41) is 7.69. The van der Waals surface area contributed by atoms with Gasteiger partial charge in [-0.05, 0) is 19.4 Å². The second-order valence-corrected chi connectivity index (χ2v) is 5.49. The molecular formula is C15H26N4O2. The van der Waals surface area contributed by atoms with Gasteiger partial charge in [-0.2, -0.15) is 5.10 Å². The number of nitrogens with one attached hydrogen (secondary N) is 1. The lowest BCUT2D eigenvalue weighted by atomic mass is 10.2. The predicted molar refractivity (Wildman–Crippen MR) is 83.9 cm³/mol. The highest BCUT2D eigenvalue weighted by atomic mass is 16.5. The van der Waals surface area contributed by atoms with Crippen molar-refractivity contribution in [2.24, 2.45) is 0 Å². The molecule has 1 aliphatic rings. The van der Waals surface area contributed by atoms with Crippen LogP contribution in [-0.4, -0.2) is 48.7 Å². The van der Waals surface area contributed by atoms with Crippen molar-refractivity contribution >= 4 is 5.69 Å². The maximum Gasteiger partial charge on any atom is 0.268 e. The Bertz CT molecular complexity index is 503. The van der Waals surface area contributed by atoms with Gasteiger partial charge in [-0.3, -0.25) is 4.79 Å². The van der Waals surface area contributed by atoms with Crippen molar-refractivity contribution in [3.63, 3.8) is 0 Å². The average Bonchev–Trinajstić information content (AvgIpc) is 2.97. The molecule has 2 unspecified atom stereocenters. The Hall–Kier alpha value is -1.40. The first-order valence-corrected chi connectivity index (χ1v) is 7.76. The number of hydrogen-bond acceptors (Lipinski definition) is 5. The van der Waals surface area contributed by atoms with Gasteiger partial charge in [-0.25, -0.2) is 4.68 Å². The first-order chi connectivity index (χ1) is 10.2. The highest BCUT2D eigenvalue weighted by Crippen LogP contribution is 2.19. The zero-order chi connectivity index (χ0) is 15.2. The first-order valence-electron chi connectivity index (χ1n) is 7.76. The fourth-order valence-electron chi connectivity index (χ4n) is 2.72. The molecule has 1 aromatic heterocycles. The van der Waals surface area contributed by atoms with E-state index >= 15 is 0 Å². The maximum absolute atomic E-state index is 12.2. The molecule has 1 saturated heterocycles. The summed E-state index contributed by atoms with van der Waals surface area (Å²) in [5.41, 5.74) is 0.858. The molecule has 1 N–H and O–H groups in total. The molecule has 0 radical (unpaired) electrons. The van der Waals surface area contributed by atoms with E-state index < -0.39 is 0 Å². The zero-order valence-electron chi connectivity index (χ0n) is 13.2. The molecule has 0 aromatic carbocycles. The largest absolute Gasteiger partial charge is 0.380 e. The minimum atomic E-state index is -0.0373. The summed E-state index contributed by atoms with van der Waals surface area (Å²) >= 11 is 0. The van der Waals surface area contributed by atoms with E-state index in [1.165, 1.54) is 0 Å². The second-order valence-electron chi connectivity index (χ2n) is 5.49. The van der Waals surface area contributed by atoms with Crippen LogP contribution in [0.1, 0.15) is 26.7 Å². The third-order valence-corrected chi connectivity index (χ3v) is 4.08. The van der Waals surface area contributed by atoms with E-state index in [4.69, 9.17) is 4.74 Å². The third kappa shape index (κ3) is 4.04. The molecule has 1 aliphatic heterocycles. The van der Waals surface area contributed by atoms with Crippen LogP contribution in [0.25, 0.3) is 0 Å². The van der Waals surface area contributed by atoms with Gasteiger partial charge in [0.05, 0.1) is 24.5 Å². The summed E-state index contributed by atoms with van der Waals surface area (Å²) in [4.78, 5) is 14.4. The van der Waals surface area contributed by atoms with Crippen molar-refractivity contribution in [3.8, 4) is 0 Å². The summed E-state index contributed by atoms with van der Waals surface area (Å²) in [7, 11) is 1.73. The summed E-state index contributed by atoms with van der Waals surface area (Å²) in [6, 6.07) is 1.97. The topological polar surface area (TPSA) is 59.4 Å². The third-order valence-electron chi connectivity index (χ3n) is 4.08. The molecule has 118 valence electrons. The molecule has 1 fully saturated rings. The van der Waals surface area contributed by atoms with E-state index in [2.05, 4.69) is 29.2 Å². The Morgan fingerprint density at radius 3 is 2.90 bits per heavy atom. The molecule has 0 aliphatic carbocycles. The fourth-order valence-corrected chi connectivity index (χ4v) is 2.72. The number of hydrogen-bond donors (Lipinski definition) is 1. The van der Waals surface area contributed by atoms with Crippen LogP contribution in [0, 0.1) is 0 Å². The van der Waals surface area contributed by atoms with Crippen LogP contribution in [-0.2, 0) is 11.3 Å². The fraction of sp³-hybridized carbons (Fsp3) is 0.733. The lowest BCUT2D eigenvalue weighted by Gasteiger charge is -2.19. The monoisotopic (exact) mass is 294 g/mol. The summed E-state index contributed by atoms with van der Waals surface area (Å²) < 4.78 is 6.90. The lowest BCUT2D eigenvalue weighted by Crippen LogP contribution is -2.37. The average molecular weight is 294 g/mol. The molecule has 21 heavy (non-hydrogen) atoms. The minimum absolute atomic E-state index is 0.0373. The van der Waals surface area contributed by atoms with Crippen LogP contribution in [0.3, 0.4) is 0 Å². The number of likely N-dealkylation sites (N-methyl/N-ethyl adjacent to an activating group) is 1. The molecule has 6 heteroatoms. The number of rotatable bonds is 7. The van der Waals surface area contributed by atoms with E-state index in [1.807, 2.05) is 0 Å². The molecule has 2 heterocycles. The number of ether oxygens (including phenoxy) is 1. The molecule has 2 rings (SSSR count). The van der Waals surface area contributed by atoms with Crippen molar-refractivity contribution in [2.75, 3.05) is 31.6 Å². The molecular weight excluding hydrogens is 268 g/mol. The molecule has 1 aromatic rings. The van der Waals surface area contributed by atoms with Gasteiger partial charge in [-0.15, -0.1) is 0 Å². The minimum Gasteiger partial charge on any atom is -0.380 e. The highest BCUT2D eigenvalue weighted by Gasteiger charge is 2.23. The molecule has 6 nitrogen and oxygen atoms in total. The number of anilines is 1. The van der Waals surface area contributed by atoms with Gasteiger partial charge in [0.1, 0.15) is 0 Å². The van der Waals surface area contributed by atoms with Crippen LogP contribution >= 0.6 is 0 Å². The van der Waals surface area contributed by atoms with Crippen LogP contribution < -0.4 is 15.8 Å². The molecule has 0 bridgehead atoms. The van der Waals surface area contributed by atoms with Gasteiger partial charge in [0, 0.05) is 32.3 Å². The van der Waals surface area contributed by atoms with Gasteiger partial charge in [0.25, 0.3) is 5.56 Å². The Balaban J connectivity index is 2.05. The van der Waals surface area contributed by atoms with Crippen molar-refractivity contribution in [1.82, 2.24) is 15.1 Å². The maximum atomic E-state index is 12.2. The van der Waals surface area contributed by atoms with Gasteiger partial charge in [-0.1, -0.05) is 13.8 Å². The summed E-state index contributed by atoms with van der Waals surface area (Å²) in [5.74, 6) is 0. The number of nitrogens with zero attached hydrogens (tertiary/aromatic N) is 3. The quantitative estimate of drug-likeness (QED) is 0.808. The van der Waals surface area contributed by atoms with Gasteiger partial charge in [0.2, 0.25) is 0 Å². The molecule has 0 spiro atoms. The van der Waals surface area contributed by atoms with E-state index in [0.29, 0.717) is 6.54 Å². The normalized spacial score (nSPS) is 20.0. The Morgan fingerprint density at radius 2 is 2.33 bits per heavy atom. The Morgan fingerprint density at radius 1 is 1.52 bits per heavy atom. The Labute approximate surface area is 126 Å². The zero-order valence-corrected chi connectivity index (χ0v) is 13.2. The van der Waals surface area contributed by atoms with Crippen molar-refractivity contribution in [3.05, 3.63) is 22.6 Å². The van der Waals surface area contributed by atoms with Gasteiger partial charge in [0.15, 0.2) is 0 Å². The Kier molecular flexibility index (Phi) is 5.76. The van der Waals surface area contributed by atoms with E-state index in [1.54, 1.807) is 24.1 Å².